The first kappa shape index (κ1) is 20.4. The largest absolute Gasteiger partial charge is 0.351 e. The van der Waals surface area contributed by atoms with Crippen LogP contribution in [0.15, 0.2) is 39.9 Å². The van der Waals surface area contributed by atoms with Crippen molar-refractivity contribution in [2.45, 2.75) is 32.6 Å². The highest BCUT2D eigenvalue weighted by molar-refractivity contribution is 6.05. The number of amides is 1. The molecule has 7 nitrogen and oxygen atoms in total. The summed E-state index contributed by atoms with van der Waals surface area (Å²) in [6.45, 7) is 6.00. The Morgan fingerprint density at radius 3 is 2.52 bits per heavy atom. The van der Waals surface area contributed by atoms with Gasteiger partial charge in [0, 0.05) is 24.7 Å². The van der Waals surface area contributed by atoms with Crippen molar-refractivity contribution in [1.29, 1.82) is 0 Å². The number of carbonyl (C=O) groups excluding carboxylic acids is 1. The van der Waals surface area contributed by atoms with E-state index in [-0.39, 0.29) is 29.0 Å². The van der Waals surface area contributed by atoms with Crippen LogP contribution >= 0.6 is 0 Å². The average Bonchev–Trinajstić information content (AvgIpc) is 2.69. The molecule has 2 heterocycles. The second-order valence-electron chi connectivity index (χ2n) is 7.61. The van der Waals surface area contributed by atoms with Crippen LogP contribution in [-0.2, 0) is 18.9 Å². The second kappa shape index (κ2) is 7.62. The van der Waals surface area contributed by atoms with Gasteiger partial charge >= 0.3 is 5.69 Å². The average molecular weight is 398 g/mol. The molecule has 0 bridgehead atoms. The molecular weight excluding hydrogens is 375 g/mol. The number of benzene rings is 1. The first-order chi connectivity index (χ1) is 13.6. The lowest BCUT2D eigenvalue weighted by Crippen LogP contribution is -2.38. The standard InChI is InChI=1S/C21H23FN4O3/c1-5-14-10-15(16-17(24-14)26(4)20(29)25-19(16)28)18(27)23-11-21(2,3)12-6-8-13(22)9-7-12/h6-10H,5,11H2,1-4H3,(H,23,27)(H,25,28,29). The number of carbonyl (C=O) groups is 1. The smallest absolute Gasteiger partial charge is 0.329 e. The van der Waals surface area contributed by atoms with Gasteiger partial charge in [-0.2, -0.15) is 0 Å². The minimum absolute atomic E-state index is 0.0707. The molecule has 3 rings (SSSR count). The number of nitrogens with zero attached hydrogens (tertiary/aromatic N) is 2. The molecule has 1 aromatic carbocycles. The number of halogens is 1. The summed E-state index contributed by atoms with van der Waals surface area (Å²) in [6.07, 6.45) is 0.540. The summed E-state index contributed by atoms with van der Waals surface area (Å²) in [4.78, 5) is 43.9. The van der Waals surface area contributed by atoms with Crippen molar-refractivity contribution in [3.63, 3.8) is 0 Å². The fraction of sp³-hybridized carbons (Fsp3) is 0.333. The molecular formula is C21H23FN4O3. The van der Waals surface area contributed by atoms with E-state index in [4.69, 9.17) is 0 Å². The van der Waals surface area contributed by atoms with E-state index in [1.54, 1.807) is 18.2 Å². The Kier molecular flexibility index (Phi) is 5.37. The van der Waals surface area contributed by atoms with Crippen LogP contribution in [0.25, 0.3) is 11.0 Å². The fourth-order valence-corrected chi connectivity index (χ4v) is 3.15. The third-order valence-corrected chi connectivity index (χ3v) is 5.05. The molecule has 0 atom stereocenters. The molecule has 3 aromatic rings. The maximum absolute atomic E-state index is 13.2. The molecule has 0 fully saturated rings. The van der Waals surface area contributed by atoms with Gasteiger partial charge in [-0.25, -0.2) is 14.2 Å². The predicted octanol–water partition coefficient (Wildman–Crippen LogP) is 2.03. The van der Waals surface area contributed by atoms with Crippen molar-refractivity contribution in [2.75, 3.05) is 6.54 Å². The number of hydrogen-bond acceptors (Lipinski definition) is 4. The number of aromatic amines is 1. The Morgan fingerprint density at radius 2 is 1.90 bits per heavy atom. The SMILES string of the molecule is CCc1cc(C(=O)NCC(C)(C)c2ccc(F)cc2)c2c(=O)[nH]c(=O)n(C)c2n1. The lowest BCUT2D eigenvalue weighted by atomic mass is 9.84. The minimum atomic E-state index is -0.652. The molecule has 0 aliphatic rings. The van der Waals surface area contributed by atoms with Crippen LogP contribution in [0.1, 0.15) is 42.4 Å². The van der Waals surface area contributed by atoms with Gasteiger partial charge in [0.1, 0.15) is 11.5 Å². The van der Waals surface area contributed by atoms with Gasteiger partial charge in [0.2, 0.25) is 0 Å². The van der Waals surface area contributed by atoms with Crippen LogP contribution in [0.5, 0.6) is 0 Å². The monoisotopic (exact) mass is 398 g/mol. The lowest BCUT2D eigenvalue weighted by molar-refractivity contribution is 0.0947. The van der Waals surface area contributed by atoms with E-state index in [2.05, 4.69) is 15.3 Å². The third kappa shape index (κ3) is 3.96. The van der Waals surface area contributed by atoms with Crippen LogP contribution in [0.2, 0.25) is 0 Å². The number of hydrogen-bond donors (Lipinski definition) is 2. The topological polar surface area (TPSA) is 96.9 Å². The highest BCUT2D eigenvalue weighted by Gasteiger charge is 2.24. The molecule has 0 aliphatic heterocycles. The Hall–Kier alpha value is -3.29. The Balaban J connectivity index is 1.99. The van der Waals surface area contributed by atoms with Crippen molar-refractivity contribution in [1.82, 2.24) is 19.9 Å². The summed E-state index contributed by atoms with van der Waals surface area (Å²) in [6, 6.07) is 7.69. The van der Waals surface area contributed by atoms with Crippen LogP contribution in [0.3, 0.4) is 0 Å². The lowest BCUT2D eigenvalue weighted by Gasteiger charge is -2.26. The molecule has 0 saturated carbocycles. The zero-order valence-electron chi connectivity index (χ0n) is 16.8. The zero-order valence-corrected chi connectivity index (χ0v) is 16.8. The Bertz CT molecular complexity index is 1190. The van der Waals surface area contributed by atoms with E-state index in [0.717, 1.165) is 5.56 Å². The molecule has 29 heavy (non-hydrogen) atoms. The molecule has 0 unspecified atom stereocenters. The maximum Gasteiger partial charge on any atom is 0.329 e. The van der Waals surface area contributed by atoms with Crippen LogP contribution in [0, 0.1) is 5.82 Å². The number of aromatic nitrogens is 3. The highest BCUT2D eigenvalue weighted by atomic mass is 19.1. The van der Waals surface area contributed by atoms with Crippen molar-refractivity contribution in [3.8, 4) is 0 Å². The third-order valence-electron chi connectivity index (χ3n) is 5.05. The van der Waals surface area contributed by atoms with E-state index in [1.165, 1.54) is 23.7 Å². The molecule has 0 spiro atoms. The number of H-pyrrole nitrogens is 1. The molecule has 1 amide bonds. The molecule has 0 saturated heterocycles. The number of nitrogens with one attached hydrogen (secondary N) is 2. The van der Waals surface area contributed by atoms with Crippen LogP contribution < -0.4 is 16.6 Å². The normalized spacial score (nSPS) is 11.6. The van der Waals surface area contributed by atoms with E-state index in [1.807, 2.05) is 20.8 Å². The Morgan fingerprint density at radius 1 is 1.24 bits per heavy atom. The number of aryl methyl sites for hydroxylation is 2. The van der Waals surface area contributed by atoms with Gasteiger partial charge in [0.05, 0.1) is 10.9 Å². The van der Waals surface area contributed by atoms with Crippen LogP contribution in [0.4, 0.5) is 4.39 Å². The molecule has 2 aromatic heterocycles. The fourth-order valence-electron chi connectivity index (χ4n) is 3.15. The van der Waals surface area contributed by atoms with Gasteiger partial charge in [-0.3, -0.25) is 19.1 Å². The van der Waals surface area contributed by atoms with Crippen LogP contribution in [-0.4, -0.2) is 27.0 Å². The summed E-state index contributed by atoms with van der Waals surface area (Å²) in [5.74, 6) is -0.764. The van der Waals surface area contributed by atoms with E-state index < -0.39 is 22.6 Å². The van der Waals surface area contributed by atoms with E-state index >= 15 is 0 Å². The quantitative estimate of drug-likeness (QED) is 0.687. The number of pyridine rings is 1. The van der Waals surface area contributed by atoms with Gasteiger partial charge in [-0.05, 0) is 30.2 Å². The van der Waals surface area contributed by atoms with Crippen molar-refractivity contribution < 1.29 is 9.18 Å². The number of rotatable bonds is 5. The summed E-state index contributed by atoms with van der Waals surface area (Å²) in [5, 5.41) is 2.93. The summed E-state index contributed by atoms with van der Waals surface area (Å²) in [7, 11) is 1.49. The van der Waals surface area contributed by atoms with Gasteiger partial charge in [0.15, 0.2) is 0 Å². The molecule has 152 valence electrons. The molecule has 8 heteroatoms. The maximum atomic E-state index is 13.2. The van der Waals surface area contributed by atoms with Gasteiger partial charge in [-0.1, -0.05) is 32.9 Å². The Labute approximate surface area is 166 Å². The zero-order chi connectivity index (χ0) is 21.3. The number of fused-ring (bicyclic) bond motifs is 1. The van der Waals surface area contributed by atoms with Gasteiger partial charge < -0.3 is 5.32 Å². The van der Waals surface area contributed by atoms with Crippen molar-refractivity contribution in [2.24, 2.45) is 7.05 Å². The summed E-state index contributed by atoms with van der Waals surface area (Å²) >= 11 is 0. The minimum Gasteiger partial charge on any atom is -0.351 e. The van der Waals surface area contributed by atoms with E-state index in [9.17, 15) is 18.8 Å². The highest BCUT2D eigenvalue weighted by Crippen LogP contribution is 2.23. The van der Waals surface area contributed by atoms with Gasteiger partial charge in [-0.15, -0.1) is 0 Å². The van der Waals surface area contributed by atoms with Crippen molar-refractivity contribution in [3.05, 3.63) is 73.8 Å². The molecule has 0 aliphatic carbocycles. The molecule has 2 N–H and O–H groups in total. The first-order valence-corrected chi connectivity index (χ1v) is 9.31. The van der Waals surface area contributed by atoms with E-state index in [0.29, 0.717) is 12.1 Å². The predicted molar refractivity (Wildman–Crippen MR) is 109 cm³/mol. The second-order valence-corrected chi connectivity index (χ2v) is 7.61. The first-order valence-electron chi connectivity index (χ1n) is 9.31. The molecule has 0 radical (unpaired) electrons. The summed E-state index contributed by atoms with van der Waals surface area (Å²) in [5.41, 5.74) is 0.0983. The van der Waals surface area contributed by atoms with Crippen molar-refractivity contribution >= 4 is 16.9 Å². The van der Waals surface area contributed by atoms with Gasteiger partial charge in [0.25, 0.3) is 11.5 Å². The summed E-state index contributed by atoms with van der Waals surface area (Å²) < 4.78 is 14.4.